The molecule has 1 amide bonds. The lowest BCUT2D eigenvalue weighted by molar-refractivity contribution is -0.123. The second kappa shape index (κ2) is 6.63. The van der Waals surface area contributed by atoms with E-state index in [0.29, 0.717) is 5.56 Å². The monoisotopic (exact) mass is 324 g/mol. The molecule has 1 aromatic heterocycles. The Labute approximate surface area is 142 Å². The molecule has 1 aliphatic carbocycles. The third-order valence-corrected chi connectivity index (χ3v) is 4.93. The number of carbonyl (C=O) groups is 1. The summed E-state index contributed by atoms with van der Waals surface area (Å²) in [5.41, 5.74) is 2.62. The number of rotatable bonds is 4. The molecule has 1 N–H and O–H groups in total. The summed E-state index contributed by atoms with van der Waals surface area (Å²) in [6, 6.07) is 11.9. The molecule has 4 nitrogen and oxygen atoms in total. The minimum absolute atomic E-state index is 0.0636. The van der Waals surface area contributed by atoms with E-state index in [-0.39, 0.29) is 23.6 Å². The highest BCUT2D eigenvalue weighted by atomic mass is 16.2. The molecule has 24 heavy (non-hydrogen) atoms. The number of aromatic nitrogens is 1. The Morgan fingerprint density at radius 2 is 1.92 bits per heavy atom. The second-order valence-corrected chi connectivity index (χ2v) is 6.83. The van der Waals surface area contributed by atoms with E-state index in [1.165, 1.54) is 15.7 Å². The normalized spacial score (nSPS) is 16.1. The molecule has 0 spiro atoms. The number of aryl methyl sites for hydroxylation is 2. The molecule has 0 radical (unpaired) electrons. The molecular formula is C20H24N2O2. The van der Waals surface area contributed by atoms with Crippen molar-refractivity contribution in [2.45, 2.75) is 51.6 Å². The van der Waals surface area contributed by atoms with Gasteiger partial charge in [-0.25, -0.2) is 0 Å². The van der Waals surface area contributed by atoms with E-state index in [2.05, 4.69) is 30.4 Å². The maximum Gasteiger partial charge on any atom is 0.253 e. The quantitative estimate of drug-likeness (QED) is 0.940. The van der Waals surface area contributed by atoms with Crippen molar-refractivity contribution in [1.82, 2.24) is 9.88 Å². The van der Waals surface area contributed by atoms with Gasteiger partial charge in [-0.2, -0.15) is 0 Å². The molecule has 0 saturated heterocycles. The van der Waals surface area contributed by atoms with E-state index in [9.17, 15) is 9.59 Å². The van der Waals surface area contributed by atoms with Gasteiger partial charge in [0.05, 0.1) is 5.54 Å². The molecule has 1 saturated carbocycles. The number of pyridine rings is 1. The van der Waals surface area contributed by atoms with Crippen LogP contribution in [0, 0.1) is 13.8 Å². The minimum Gasteiger partial charge on any atom is -0.345 e. The van der Waals surface area contributed by atoms with Crippen LogP contribution < -0.4 is 10.9 Å². The van der Waals surface area contributed by atoms with Crippen LogP contribution >= 0.6 is 0 Å². The number of benzene rings is 1. The van der Waals surface area contributed by atoms with Crippen molar-refractivity contribution >= 4 is 5.91 Å². The molecule has 0 aliphatic heterocycles. The Morgan fingerprint density at radius 1 is 1.17 bits per heavy atom. The van der Waals surface area contributed by atoms with Crippen molar-refractivity contribution in [3.05, 3.63) is 69.6 Å². The Kier molecular flexibility index (Phi) is 4.56. The Morgan fingerprint density at radius 3 is 2.62 bits per heavy atom. The number of hydrogen-bond acceptors (Lipinski definition) is 2. The molecule has 0 bridgehead atoms. The third-order valence-electron chi connectivity index (χ3n) is 4.93. The number of amides is 1. The summed E-state index contributed by atoms with van der Waals surface area (Å²) >= 11 is 0. The van der Waals surface area contributed by atoms with Gasteiger partial charge in [-0.05, 0) is 38.3 Å². The Bertz CT molecular complexity index is 801. The zero-order chi connectivity index (χ0) is 17.2. The molecule has 1 fully saturated rings. The van der Waals surface area contributed by atoms with E-state index in [1.807, 2.05) is 6.07 Å². The summed E-state index contributed by atoms with van der Waals surface area (Å²) in [7, 11) is 0. The maximum absolute atomic E-state index is 12.6. The number of nitrogens with one attached hydrogen (secondary N) is 1. The highest BCUT2D eigenvalue weighted by molar-refractivity contribution is 5.77. The summed E-state index contributed by atoms with van der Waals surface area (Å²) in [5.74, 6) is -0.105. The fraction of sp³-hybridized carbons (Fsp3) is 0.400. The Hall–Kier alpha value is -2.36. The number of carbonyl (C=O) groups excluding carboxylic acids is 1. The molecule has 0 unspecified atom stereocenters. The molecule has 126 valence electrons. The van der Waals surface area contributed by atoms with Crippen molar-refractivity contribution < 1.29 is 4.79 Å². The zero-order valence-corrected chi connectivity index (χ0v) is 14.3. The predicted molar refractivity (Wildman–Crippen MR) is 94.9 cm³/mol. The summed E-state index contributed by atoms with van der Waals surface area (Å²) in [6.07, 6.45) is 5.79. The van der Waals surface area contributed by atoms with Crippen LogP contribution in [0.5, 0.6) is 0 Å². The minimum atomic E-state index is -0.295. The van der Waals surface area contributed by atoms with E-state index in [0.717, 1.165) is 25.7 Å². The van der Waals surface area contributed by atoms with Gasteiger partial charge in [0.15, 0.2) is 0 Å². The summed E-state index contributed by atoms with van der Waals surface area (Å²) in [4.78, 5) is 24.7. The first-order valence-corrected chi connectivity index (χ1v) is 8.54. The average molecular weight is 324 g/mol. The average Bonchev–Trinajstić information content (AvgIpc) is 3.01. The van der Waals surface area contributed by atoms with E-state index in [1.54, 1.807) is 25.3 Å². The van der Waals surface area contributed by atoms with E-state index < -0.39 is 0 Å². The maximum atomic E-state index is 12.6. The van der Waals surface area contributed by atoms with Crippen LogP contribution in [0.25, 0.3) is 0 Å². The lowest BCUT2D eigenvalue weighted by Gasteiger charge is -2.31. The molecular weight excluding hydrogens is 300 g/mol. The van der Waals surface area contributed by atoms with Crippen molar-refractivity contribution in [2.24, 2.45) is 0 Å². The predicted octanol–water partition coefficient (Wildman–Crippen LogP) is 3.05. The van der Waals surface area contributed by atoms with Gasteiger partial charge >= 0.3 is 0 Å². The fourth-order valence-electron chi connectivity index (χ4n) is 3.65. The standard InChI is InChI=1S/C20H24N2O2/c1-15-7-5-9-17(13-15)20(10-3-4-11-20)21-18(23)14-22-12-6-8-16(2)19(22)24/h5-9,12-13H,3-4,10-11,14H2,1-2H3,(H,21,23). The molecule has 1 heterocycles. The van der Waals surface area contributed by atoms with Gasteiger partial charge in [0, 0.05) is 11.8 Å². The highest BCUT2D eigenvalue weighted by Gasteiger charge is 2.37. The van der Waals surface area contributed by atoms with Crippen LogP contribution in [0.1, 0.15) is 42.4 Å². The first-order valence-electron chi connectivity index (χ1n) is 8.54. The van der Waals surface area contributed by atoms with Crippen LogP contribution in [-0.4, -0.2) is 10.5 Å². The van der Waals surface area contributed by atoms with Crippen LogP contribution in [0.3, 0.4) is 0 Å². The summed E-state index contributed by atoms with van der Waals surface area (Å²) in [6.45, 7) is 3.90. The molecule has 1 aliphatic rings. The molecule has 1 aromatic carbocycles. The van der Waals surface area contributed by atoms with Crippen LogP contribution in [0.15, 0.2) is 47.4 Å². The molecule has 0 atom stereocenters. The first kappa shape index (κ1) is 16.5. The largest absolute Gasteiger partial charge is 0.345 e. The smallest absolute Gasteiger partial charge is 0.253 e. The third kappa shape index (κ3) is 3.28. The highest BCUT2D eigenvalue weighted by Crippen LogP contribution is 2.39. The second-order valence-electron chi connectivity index (χ2n) is 6.83. The zero-order valence-electron chi connectivity index (χ0n) is 14.3. The van der Waals surface area contributed by atoms with Gasteiger partial charge in [0.1, 0.15) is 6.54 Å². The first-order chi connectivity index (χ1) is 11.5. The summed E-state index contributed by atoms with van der Waals surface area (Å²) in [5, 5.41) is 3.23. The van der Waals surface area contributed by atoms with E-state index >= 15 is 0 Å². The Balaban J connectivity index is 1.82. The van der Waals surface area contributed by atoms with Gasteiger partial charge in [-0.3, -0.25) is 9.59 Å². The SMILES string of the molecule is Cc1cccc(C2(NC(=O)Cn3cccc(C)c3=O)CCCC2)c1. The topological polar surface area (TPSA) is 51.1 Å². The lowest BCUT2D eigenvalue weighted by atomic mass is 9.87. The van der Waals surface area contributed by atoms with Gasteiger partial charge < -0.3 is 9.88 Å². The van der Waals surface area contributed by atoms with Gasteiger partial charge in [-0.15, -0.1) is 0 Å². The van der Waals surface area contributed by atoms with Crippen LogP contribution in [-0.2, 0) is 16.9 Å². The number of nitrogens with zero attached hydrogens (tertiary/aromatic N) is 1. The van der Waals surface area contributed by atoms with Crippen LogP contribution in [0.4, 0.5) is 0 Å². The van der Waals surface area contributed by atoms with Crippen molar-refractivity contribution in [3.63, 3.8) is 0 Å². The fourth-order valence-corrected chi connectivity index (χ4v) is 3.65. The van der Waals surface area contributed by atoms with Crippen LogP contribution in [0.2, 0.25) is 0 Å². The van der Waals surface area contributed by atoms with Crippen molar-refractivity contribution in [3.8, 4) is 0 Å². The lowest BCUT2D eigenvalue weighted by Crippen LogP contribution is -2.46. The van der Waals surface area contributed by atoms with Crippen molar-refractivity contribution in [1.29, 1.82) is 0 Å². The molecule has 4 heteroatoms. The van der Waals surface area contributed by atoms with E-state index in [4.69, 9.17) is 0 Å². The molecule has 2 aromatic rings. The van der Waals surface area contributed by atoms with Gasteiger partial charge in [0.25, 0.3) is 5.56 Å². The molecule has 3 rings (SSSR count). The van der Waals surface area contributed by atoms with Crippen molar-refractivity contribution in [2.75, 3.05) is 0 Å². The number of hydrogen-bond donors (Lipinski definition) is 1. The van der Waals surface area contributed by atoms with Gasteiger partial charge in [-0.1, -0.05) is 48.7 Å². The summed E-state index contributed by atoms with van der Waals surface area (Å²) < 4.78 is 1.48. The van der Waals surface area contributed by atoms with Gasteiger partial charge in [0.2, 0.25) is 5.91 Å².